The van der Waals surface area contributed by atoms with Crippen LogP contribution in [0.25, 0.3) is 0 Å². The smallest absolute Gasteiger partial charge is 0.414 e. The molecule has 3 rings (SSSR count). The van der Waals surface area contributed by atoms with E-state index in [1.165, 1.54) is 0 Å². The summed E-state index contributed by atoms with van der Waals surface area (Å²) in [7, 11) is 0. The van der Waals surface area contributed by atoms with Gasteiger partial charge in [0.15, 0.2) is 0 Å². The van der Waals surface area contributed by atoms with Gasteiger partial charge in [0.2, 0.25) is 0 Å². The number of rotatable bonds is 3. The molecule has 1 aromatic carbocycles. The molecular weight excluding hydrogens is 409 g/mol. The lowest BCUT2D eigenvalue weighted by molar-refractivity contribution is -0.846. The molecule has 1 heterocycles. The molecule has 1 aliphatic heterocycles. The van der Waals surface area contributed by atoms with Crippen LogP contribution in [0.15, 0.2) is 18.2 Å². The molecule has 4 nitrogen and oxygen atoms in total. The molecule has 2 atom stereocenters. The van der Waals surface area contributed by atoms with Crippen LogP contribution in [0.5, 0.6) is 0 Å². The molecular formula is C23H32Cl2NO3+. The van der Waals surface area contributed by atoms with Gasteiger partial charge in [-0.05, 0) is 58.2 Å². The molecule has 0 bridgehead atoms. The van der Waals surface area contributed by atoms with Crippen molar-refractivity contribution < 1.29 is 18.8 Å². The first kappa shape index (κ1) is 22.6. The molecule has 0 spiro atoms. The average molecular weight is 441 g/mol. The summed E-state index contributed by atoms with van der Waals surface area (Å²) in [4.78, 5) is 25.1. The van der Waals surface area contributed by atoms with Gasteiger partial charge in [0.1, 0.15) is 11.4 Å². The fourth-order valence-electron chi connectivity index (χ4n) is 5.11. The zero-order valence-electron chi connectivity index (χ0n) is 17.9. The highest BCUT2D eigenvalue weighted by molar-refractivity contribution is 6.42. The van der Waals surface area contributed by atoms with Gasteiger partial charge in [0.05, 0.1) is 29.7 Å². The molecule has 6 heteroatoms. The van der Waals surface area contributed by atoms with Crippen LogP contribution in [0.2, 0.25) is 10.0 Å². The van der Waals surface area contributed by atoms with Crippen molar-refractivity contribution in [3.63, 3.8) is 0 Å². The molecule has 1 saturated heterocycles. The second kappa shape index (κ2) is 8.20. The Morgan fingerprint density at radius 1 is 1.21 bits per heavy atom. The SMILES string of the molecule is CC[N+]1(C(=O)OC(C)(C)C)CCC(C2(c3ccc(Cl)c(Cl)c3)CCC(=O)CC2)C1. The van der Waals surface area contributed by atoms with Crippen LogP contribution in [-0.4, -0.2) is 41.6 Å². The zero-order valence-corrected chi connectivity index (χ0v) is 19.4. The van der Waals surface area contributed by atoms with Crippen LogP contribution >= 0.6 is 23.2 Å². The van der Waals surface area contributed by atoms with Gasteiger partial charge in [-0.1, -0.05) is 29.3 Å². The second-order valence-electron chi connectivity index (χ2n) is 9.66. The predicted octanol–water partition coefficient (Wildman–Crippen LogP) is 6.17. The summed E-state index contributed by atoms with van der Waals surface area (Å²) in [6.45, 7) is 10.0. The molecule has 29 heavy (non-hydrogen) atoms. The molecule has 1 aromatic rings. The lowest BCUT2D eigenvalue weighted by Crippen LogP contribution is -2.54. The van der Waals surface area contributed by atoms with Crippen molar-refractivity contribution in [3.05, 3.63) is 33.8 Å². The number of benzene rings is 1. The molecule has 2 fully saturated rings. The van der Waals surface area contributed by atoms with E-state index in [0.717, 1.165) is 37.9 Å². The van der Waals surface area contributed by atoms with E-state index in [-0.39, 0.29) is 11.5 Å². The van der Waals surface area contributed by atoms with Crippen LogP contribution < -0.4 is 0 Å². The number of carbonyl (C=O) groups is 2. The first-order valence-corrected chi connectivity index (χ1v) is 11.3. The van der Waals surface area contributed by atoms with Crippen LogP contribution in [0.4, 0.5) is 4.79 Å². The lowest BCUT2D eigenvalue weighted by Gasteiger charge is -2.42. The number of amides is 1. The fraction of sp³-hybridized carbons (Fsp3) is 0.652. The Labute approximate surface area is 184 Å². The van der Waals surface area contributed by atoms with Gasteiger partial charge in [0, 0.05) is 30.6 Å². The summed E-state index contributed by atoms with van der Waals surface area (Å²) in [6.07, 6.45) is 3.55. The maximum absolute atomic E-state index is 13.1. The van der Waals surface area contributed by atoms with E-state index >= 15 is 0 Å². The lowest BCUT2D eigenvalue weighted by atomic mass is 9.61. The average Bonchev–Trinajstić information content (AvgIpc) is 3.10. The number of halogens is 2. The second-order valence-corrected chi connectivity index (χ2v) is 10.5. The van der Waals surface area contributed by atoms with E-state index in [9.17, 15) is 9.59 Å². The number of hydrogen-bond acceptors (Lipinski definition) is 3. The minimum Gasteiger partial charge on any atom is -0.414 e. The molecule has 1 saturated carbocycles. The summed E-state index contributed by atoms with van der Waals surface area (Å²) in [6, 6.07) is 5.87. The Balaban J connectivity index is 1.94. The number of ketones is 1. The van der Waals surface area contributed by atoms with Gasteiger partial charge < -0.3 is 4.74 Å². The maximum atomic E-state index is 13.1. The Kier molecular flexibility index (Phi) is 6.39. The van der Waals surface area contributed by atoms with E-state index in [4.69, 9.17) is 27.9 Å². The molecule has 1 aliphatic carbocycles. The monoisotopic (exact) mass is 440 g/mol. The number of nitrogens with zero attached hydrogens (tertiary/aromatic N) is 1. The number of Topliss-reactive ketones (excluding diaryl/α,β-unsaturated/α-hetero) is 1. The number of ether oxygens (including phenoxy) is 1. The minimum absolute atomic E-state index is 0.140. The minimum atomic E-state index is -0.506. The summed E-state index contributed by atoms with van der Waals surface area (Å²) in [5, 5.41) is 1.08. The first-order valence-electron chi connectivity index (χ1n) is 10.6. The molecule has 0 aromatic heterocycles. The van der Waals surface area contributed by atoms with E-state index in [2.05, 4.69) is 13.0 Å². The topological polar surface area (TPSA) is 43.4 Å². The quantitative estimate of drug-likeness (QED) is 0.527. The van der Waals surface area contributed by atoms with Crippen LogP contribution in [0.1, 0.15) is 65.4 Å². The molecule has 160 valence electrons. The highest BCUT2D eigenvalue weighted by Crippen LogP contribution is 2.50. The Hall–Kier alpha value is -1.10. The number of carbonyl (C=O) groups excluding carboxylic acids is 2. The summed E-state index contributed by atoms with van der Waals surface area (Å²) >= 11 is 12.5. The van der Waals surface area contributed by atoms with Gasteiger partial charge in [-0.25, -0.2) is 4.48 Å². The summed E-state index contributed by atoms with van der Waals surface area (Å²) in [5.41, 5.74) is 0.484. The van der Waals surface area contributed by atoms with E-state index in [0.29, 0.717) is 45.6 Å². The third-order valence-electron chi connectivity index (χ3n) is 6.84. The van der Waals surface area contributed by atoms with Crippen LogP contribution in [-0.2, 0) is 14.9 Å². The van der Waals surface area contributed by atoms with Crippen LogP contribution in [0, 0.1) is 5.92 Å². The Bertz CT molecular complexity index is 792. The summed E-state index contributed by atoms with van der Waals surface area (Å²) in [5.74, 6) is 0.613. The third kappa shape index (κ3) is 4.50. The molecule has 0 radical (unpaired) electrons. The molecule has 1 amide bonds. The Morgan fingerprint density at radius 2 is 1.86 bits per heavy atom. The van der Waals surface area contributed by atoms with Crippen molar-refractivity contribution in [2.75, 3.05) is 19.6 Å². The number of quaternary nitrogens is 1. The van der Waals surface area contributed by atoms with Crippen molar-refractivity contribution in [1.82, 2.24) is 0 Å². The van der Waals surface area contributed by atoms with Crippen molar-refractivity contribution in [2.45, 2.75) is 70.8 Å². The number of likely N-dealkylation sites (tertiary alicyclic amines) is 1. The predicted molar refractivity (Wildman–Crippen MR) is 116 cm³/mol. The van der Waals surface area contributed by atoms with Crippen LogP contribution in [0.3, 0.4) is 0 Å². The zero-order chi connectivity index (χ0) is 21.4. The van der Waals surface area contributed by atoms with Gasteiger partial charge in [-0.15, -0.1) is 0 Å². The van der Waals surface area contributed by atoms with Crippen molar-refractivity contribution in [2.24, 2.45) is 5.92 Å². The third-order valence-corrected chi connectivity index (χ3v) is 7.58. The fourth-order valence-corrected chi connectivity index (χ4v) is 5.41. The molecule has 2 aliphatic rings. The maximum Gasteiger partial charge on any atom is 0.516 e. The van der Waals surface area contributed by atoms with Gasteiger partial charge in [0.25, 0.3) is 0 Å². The van der Waals surface area contributed by atoms with Crippen molar-refractivity contribution in [1.29, 1.82) is 0 Å². The Morgan fingerprint density at radius 3 is 2.41 bits per heavy atom. The van der Waals surface area contributed by atoms with E-state index in [1.807, 2.05) is 32.9 Å². The van der Waals surface area contributed by atoms with Crippen molar-refractivity contribution in [3.8, 4) is 0 Å². The van der Waals surface area contributed by atoms with E-state index in [1.54, 1.807) is 0 Å². The van der Waals surface area contributed by atoms with Crippen molar-refractivity contribution >= 4 is 35.1 Å². The van der Waals surface area contributed by atoms with E-state index < -0.39 is 5.60 Å². The normalized spacial score (nSPS) is 27.1. The number of hydrogen-bond donors (Lipinski definition) is 0. The largest absolute Gasteiger partial charge is 0.516 e. The highest BCUT2D eigenvalue weighted by Gasteiger charge is 2.54. The van der Waals surface area contributed by atoms with Gasteiger partial charge in [-0.2, -0.15) is 4.79 Å². The molecule has 2 unspecified atom stereocenters. The highest BCUT2D eigenvalue weighted by atomic mass is 35.5. The standard InChI is InChI=1S/C23H32Cl2NO3/c1-5-26(21(28)29-22(2,3)4)13-10-17(15-26)23(11-8-18(27)9-12-23)16-6-7-19(24)20(25)14-16/h6-7,14,17H,5,8-13,15H2,1-4H3/q+1. The van der Waals surface area contributed by atoms with Gasteiger partial charge >= 0.3 is 6.09 Å². The molecule has 0 N–H and O–H groups in total. The summed E-state index contributed by atoms with van der Waals surface area (Å²) < 4.78 is 6.13. The van der Waals surface area contributed by atoms with Gasteiger partial charge in [-0.3, -0.25) is 4.79 Å². The first-order chi connectivity index (χ1) is 13.5.